The first-order chi connectivity index (χ1) is 9.20. The van der Waals surface area contributed by atoms with Crippen LogP contribution in [-0.2, 0) is 17.8 Å². The lowest BCUT2D eigenvalue weighted by molar-refractivity contribution is -0.0428. The van der Waals surface area contributed by atoms with E-state index in [1.54, 1.807) is 0 Å². The van der Waals surface area contributed by atoms with Crippen LogP contribution in [-0.4, -0.2) is 36.2 Å². The van der Waals surface area contributed by atoms with E-state index in [0.717, 1.165) is 31.9 Å². The molecule has 2 aliphatic rings. The molecule has 0 aromatic carbocycles. The van der Waals surface area contributed by atoms with E-state index in [-0.39, 0.29) is 0 Å². The average molecular weight is 264 g/mol. The summed E-state index contributed by atoms with van der Waals surface area (Å²) in [7, 11) is 0. The Labute approximate surface area is 115 Å². The van der Waals surface area contributed by atoms with Crippen molar-refractivity contribution in [1.82, 2.24) is 10.2 Å². The molecule has 2 fully saturated rings. The third kappa shape index (κ3) is 3.19. The van der Waals surface area contributed by atoms with Gasteiger partial charge in [-0.05, 0) is 18.9 Å². The molecule has 0 saturated carbocycles. The molecule has 2 aliphatic heterocycles. The summed E-state index contributed by atoms with van der Waals surface area (Å²) in [6, 6.07) is 2.58. The van der Waals surface area contributed by atoms with Gasteiger partial charge in [-0.1, -0.05) is 13.8 Å². The molecule has 1 aromatic heterocycles. The summed E-state index contributed by atoms with van der Waals surface area (Å²) in [5.41, 5.74) is 1.28. The van der Waals surface area contributed by atoms with Gasteiger partial charge in [-0.2, -0.15) is 0 Å². The zero-order valence-electron chi connectivity index (χ0n) is 11.9. The smallest absolute Gasteiger partial charge is 0.122 e. The number of nitrogens with one attached hydrogen (secondary N) is 1. The van der Waals surface area contributed by atoms with E-state index in [4.69, 9.17) is 9.15 Å². The second-order valence-electron chi connectivity index (χ2n) is 6.06. The van der Waals surface area contributed by atoms with Crippen molar-refractivity contribution < 1.29 is 9.15 Å². The normalized spacial score (nSPS) is 27.3. The molecule has 2 unspecified atom stereocenters. The highest BCUT2D eigenvalue weighted by Crippen LogP contribution is 2.27. The maximum Gasteiger partial charge on any atom is 0.122 e. The number of nitrogens with zero attached hydrogens (tertiary/aromatic N) is 1. The lowest BCUT2D eigenvalue weighted by Gasteiger charge is -2.31. The molecule has 19 heavy (non-hydrogen) atoms. The van der Waals surface area contributed by atoms with Crippen molar-refractivity contribution in [2.24, 2.45) is 0 Å². The van der Waals surface area contributed by atoms with Crippen molar-refractivity contribution in [2.45, 2.75) is 58.0 Å². The molecule has 0 radical (unpaired) electrons. The van der Waals surface area contributed by atoms with Crippen LogP contribution in [0.15, 0.2) is 16.7 Å². The maximum atomic E-state index is 5.87. The highest BCUT2D eigenvalue weighted by Gasteiger charge is 2.34. The average Bonchev–Trinajstić information content (AvgIpc) is 2.94. The topological polar surface area (TPSA) is 37.6 Å². The molecular weight excluding hydrogens is 240 g/mol. The van der Waals surface area contributed by atoms with E-state index in [1.165, 1.54) is 18.4 Å². The minimum atomic E-state index is 0.450. The lowest BCUT2D eigenvalue weighted by atomic mass is 10.2. The zero-order valence-corrected chi connectivity index (χ0v) is 11.9. The van der Waals surface area contributed by atoms with Gasteiger partial charge in [0.05, 0.1) is 25.0 Å². The molecule has 3 heterocycles. The largest absolute Gasteiger partial charge is 0.468 e. The number of rotatable bonds is 5. The van der Waals surface area contributed by atoms with E-state index in [0.29, 0.717) is 18.2 Å². The lowest BCUT2D eigenvalue weighted by Crippen LogP contribution is -2.42. The number of hydrogen-bond acceptors (Lipinski definition) is 4. The monoisotopic (exact) mass is 264 g/mol. The molecule has 0 amide bonds. The standard InChI is InChI=1S/C15H24N2O2/c1-11(2)16-7-12-5-6-18-15(12)10-17-8-13-3-4-14(9-17)19-13/h5-6,11,13-14,16H,3-4,7-10H2,1-2H3. The highest BCUT2D eigenvalue weighted by molar-refractivity contribution is 5.17. The summed E-state index contributed by atoms with van der Waals surface area (Å²) < 4.78 is 11.5. The summed E-state index contributed by atoms with van der Waals surface area (Å²) in [6.07, 6.45) is 5.15. The van der Waals surface area contributed by atoms with Gasteiger partial charge in [-0.3, -0.25) is 4.90 Å². The van der Waals surface area contributed by atoms with Crippen LogP contribution in [0.1, 0.15) is 38.0 Å². The Morgan fingerprint density at radius 2 is 2.05 bits per heavy atom. The van der Waals surface area contributed by atoms with Gasteiger partial charge < -0.3 is 14.5 Å². The Hall–Kier alpha value is -0.840. The fourth-order valence-corrected chi connectivity index (χ4v) is 3.01. The van der Waals surface area contributed by atoms with Crippen LogP contribution in [0, 0.1) is 0 Å². The number of likely N-dealkylation sites (tertiary alicyclic amines) is 1. The van der Waals surface area contributed by atoms with Gasteiger partial charge >= 0.3 is 0 Å². The Morgan fingerprint density at radius 3 is 2.74 bits per heavy atom. The fraction of sp³-hybridized carbons (Fsp3) is 0.733. The molecule has 106 valence electrons. The Bertz CT molecular complexity index is 404. The van der Waals surface area contributed by atoms with Crippen LogP contribution in [0.5, 0.6) is 0 Å². The van der Waals surface area contributed by atoms with Crippen LogP contribution in [0.4, 0.5) is 0 Å². The first kappa shape index (κ1) is 13.2. The molecule has 0 spiro atoms. The van der Waals surface area contributed by atoms with E-state index < -0.39 is 0 Å². The summed E-state index contributed by atoms with van der Waals surface area (Å²) in [6.45, 7) is 8.24. The predicted molar refractivity (Wildman–Crippen MR) is 73.9 cm³/mol. The van der Waals surface area contributed by atoms with Crippen LogP contribution in [0.2, 0.25) is 0 Å². The Kier molecular flexibility index (Phi) is 3.91. The molecule has 4 nitrogen and oxygen atoms in total. The highest BCUT2D eigenvalue weighted by atomic mass is 16.5. The Morgan fingerprint density at radius 1 is 1.32 bits per heavy atom. The fourth-order valence-electron chi connectivity index (χ4n) is 3.01. The quantitative estimate of drug-likeness (QED) is 0.884. The van der Waals surface area contributed by atoms with Crippen molar-refractivity contribution in [3.05, 3.63) is 23.7 Å². The van der Waals surface area contributed by atoms with Crippen LogP contribution < -0.4 is 5.32 Å². The molecule has 2 bridgehead atoms. The molecule has 1 aromatic rings. The van der Waals surface area contributed by atoms with Gasteiger partial charge in [0.15, 0.2) is 0 Å². The second kappa shape index (κ2) is 5.65. The molecule has 2 atom stereocenters. The molecule has 4 heteroatoms. The van der Waals surface area contributed by atoms with Crippen LogP contribution >= 0.6 is 0 Å². The Balaban J connectivity index is 1.59. The van der Waals surface area contributed by atoms with Gasteiger partial charge in [0.2, 0.25) is 0 Å². The first-order valence-corrected chi connectivity index (χ1v) is 7.37. The van der Waals surface area contributed by atoms with Crippen LogP contribution in [0.25, 0.3) is 0 Å². The van der Waals surface area contributed by atoms with E-state index >= 15 is 0 Å². The first-order valence-electron chi connectivity index (χ1n) is 7.37. The molecular formula is C15H24N2O2. The summed E-state index contributed by atoms with van der Waals surface area (Å²) >= 11 is 0. The van der Waals surface area contributed by atoms with E-state index in [9.17, 15) is 0 Å². The van der Waals surface area contributed by atoms with Crippen molar-refractivity contribution in [1.29, 1.82) is 0 Å². The summed E-state index contributed by atoms with van der Waals surface area (Å²) in [5.74, 6) is 1.11. The van der Waals surface area contributed by atoms with Gasteiger partial charge in [0.25, 0.3) is 0 Å². The number of fused-ring (bicyclic) bond motifs is 2. The van der Waals surface area contributed by atoms with Crippen molar-refractivity contribution >= 4 is 0 Å². The predicted octanol–water partition coefficient (Wildman–Crippen LogP) is 2.14. The third-order valence-electron chi connectivity index (χ3n) is 4.02. The minimum Gasteiger partial charge on any atom is -0.468 e. The minimum absolute atomic E-state index is 0.450. The number of furan rings is 1. The van der Waals surface area contributed by atoms with Crippen molar-refractivity contribution in [3.8, 4) is 0 Å². The third-order valence-corrected chi connectivity index (χ3v) is 4.02. The van der Waals surface area contributed by atoms with Gasteiger partial charge in [-0.25, -0.2) is 0 Å². The molecule has 1 N–H and O–H groups in total. The molecule has 3 rings (SSSR count). The summed E-state index contributed by atoms with van der Waals surface area (Å²) in [4.78, 5) is 2.48. The molecule has 2 saturated heterocycles. The van der Waals surface area contributed by atoms with Crippen LogP contribution in [0.3, 0.4) is 0 Å². The number of morpholine rings is 1. The van der Waals surface area contributed by atoms with Crippen molar-refractivity contribution in [3.63, 3.8) is 0 Å². The van der Waals surface area contributed by atoms with Gasteiger partial charge in [0, 0.05) is 31.2 Å². The van der Waals surface area contributed by atoms with Crippen molar-refractivity contribution in [2.75, 3.05) is 13.1 Å². The van der Waals surface area contributed by atoms with E-state index in [2.05, 4.69) is 30.1 Å². The second-order valence-corrected chi connectivity index (χ2v) is 6.06. The van der Waals surface area contributed by atoms with Gasteiger partial charge in [-0.15, -0.1) is 0 Å². The van der Waals surface area contributed by atoms with E-state index in [1.807, 2.05) is 6.26 Å². The maximum absolute atomic E-state index is 5.87. The molecule has 0 aliphatic carbocycles. The SMILES string of the molecule is CC(C)NCc1ccoc1CN1CC2CCC(C1)O2. The number of ether oxygens (including phenoxy) is 1. The number of hydrogen-bond donors (Lipinski definition) is 1. The summed E-state index contributed by atoms with van der Waals surface area (Å²) in [5, 5.41) is 3.45. The zero-order chi connectivity index (χ0) is 13.2. The van der Waals surface area contributed by atoms with Gasteiger partial charge in [0.1, 0.15) is 5.76 Å².